The van der Waals surface area contributed by atoms with Crippen molar-refractivity contribution in [3.8, 4) is 5.75 Å². The first kappa shape index (κ1) is 20.1. The molecule has 23 heavy (non-hydrogen) atoms. The van der Waals surface area contributed by atoms with E-state index in [-0.39, 0.29) is 0 Å². The Balaban J connectivity index is 1.93. The summed E-state index contributed by atoms with van der Waals surface area (Å²) < 4.78 is 0. The lowest BCUT2D eigenvalue weighted by molar-refractivity contribution is 0.468. The summed E-state index contributed by atoms with van der Waals surface area (Å²) in [5.74, 6) is 0.450. The summed E-state index contributed by atoms with van der Waals surface area (Å²) >= 11 is 0. The maximum absolute atomic E-state index is 9.71. The summed E-state index contributed by atoms with van der Waals surface area (Å²) in [7, 11) is 0. The van der Waals surface area contributed by atoms with E-state index in [4.69, 9.17) is 0 Å². The zero-order valence-corrected chi connectivity index (χ0v) is 15.6. The fraction of sp³-hybridized carbons (Fsp3) is 0.727. The maximum Gasteiger partial charge on any atom is 0.118 e. The Bertz CT molecular complexity index is 397. The summed E-state index contributed by atoms with van der Waals surface area (Å²) in [6, 6.07) is 6.11. The zero-order valence-electron chi connectivity index (χ0n) is 15.6. The fourth-order valence-corrected chi connectivity index (χ4v) is 3.25. The Hall–Kier alpha value is -0.980. The molecule has 0 atom stereocenters. The number of aryl methyl sites for hydroxylation is 2. The molecule has 132 valence electrons. The Morgan fingerprint density at radius 3 is 1.74 bits per heavy atom. The van der Waals surface area contributed by atoms with Gasteiger partial charge in [-0.3, -0.25) is 0 Å². The summed E-state index contributed by atoms with van der Waals surface area (Å²) in [4.78, 5) is 0. The van der Waals surface area contributed by atoms with E-state index in [1.165, 1.54) is 82.6 Å². The van der Waals surface area contributed by atoms with Crippen LogP contribution in [0.2, 0.25) is 0 Å². The van der Waals surface area contributed by atoms with Crippen molar-refractivity contribution in [1.29, 1.82) is 0 Å². The molecule has 1 aromatic carbocycles. The molecule has 0 saturated carbocycles. The van der Waals surface area contributed by atoms with Crippen molar-refractivity contribution in [2.75, 3.05) is 0 Å². The van der Waals surface area contributed by atoms with Crippen LogP contribution in [-0.2, 0) is 12.8 Å². The monoisotopic (exact) mass is 318 g/mol. The van der Waals surface area contributed by atoms with Crippen LogP contribution >= 0.6 is 0 Å². The number of hydrogen-bond acceptors (Lipinski definition) is 1. The van der Waals surface area contributed by atoms with Crippen LogP contribution in [0.3, 0.4) is 0 Å². The standard InChI is InChI=1S/C22H38O/c1-3-5-6-7-8-9-10-11-12-13-14-15-16-20-17-18-22(23)21(4-2)19-20/h17-19,23H,3-16H2,1-2H3. The quantitative estimate of drug-likeness (QED) is 0.360. The van der Waals surface area contributed by atoms with Crippen molar-refractivity contribution < 1.29 is 5.11 Å². The molecule has 0 fully saturated rings. The van der Waals surface area contributed by atoms with Gasteiger partial charge in [0, 0.05) is 0 Å². The summed E-state index contributed by atoms with van der Waals surface area (Å²) in [5, 5.41) is 9.71. The number of hydrogen-bond donors (Lipinski definition) is 1. The third-order valence-corrected chi connectivity index (χ3v) is 4.84. The van der Waals surface area contributed by atoms with Gasteiger partial charge in [0.25, 0.3) is 0 Å². The minimum Gasteiger partial charge on any atom is -0.508 e. The van der Waals surface area contributed by atoms with Crippen LogP contribution in [0.4, 0.5) is 0 Å². The van der Waals surface area contributed by atoms with Crippen molar-refractivity contribution in [1.82, 2.24) is 0 Å². The molecule has 1 heteroatoms. The van der Waals surface area contributed by atoms with E-state index < -0.39 is 0 Å². The van der Waals surface area contributed by atoms with Crippen LogP contribution < -0.4 is 0 Å². The van der Waals surface area contributed by atoms with Crippen molar-refractivity contribution in [2.45, 2.75) is 104 Å². The zero-order chi connectivity index (χ0) is 16.8. The molecule has 1 rings (SSSR count). The number of rotatable bonds is 14. The highest BCUT2D eigenvalue weighted by Gasteiger charge is 2.01. The van der Waals surface area contributed by atoms with Crippen molar-refractivity contribution >= 4 is 0 Å². The third kappa shape index (κ3) is 9.69. The van der Waals surface area contributed by atoms with E-state index in [2.05, 4.69) is 26.0 Å². The van der Waals surface area contributed by atoms with E-state index in [9.17, 15) is 5.11 Å². The molecule has 1 nitrogen and oxygen atoms in total. The predicted molar refractivity (Wildman–Crippen MR) is 102 cm³/mol. The Labute approximate surface area is 144 Å². The predicted octanol–water partition coefficient (Wildman–Crippen LogP) is 7.20. The molecular formula is C22H38O. The molecule has 0 unspecified atom stereocenters. The lowest BCUT2D eigenvalue weighted by Gasteiger charge is -2.06. The van der Waals surface area contributed by atoms with Gasteiger partial charge in [0.2, 0.25) is 0 Å². The van der Waals surface area contributed by atoms with Gasteiger partial charge >= 0.3 is 0 Å². The number of benzene rings is 1. The Morgan fingerprint density at radius 2 is 1.22 bits per heavy atom. The molecule has 0 bridgehead atoms. The van der Waals surface area contributed by atoms with Gasteiger partial charge in [0.05, 0.1) is 0 Å². The van der Waals surface area contributed by atoms with Gasteiger partial charge in [-0.05, 0) is 36.5 Å². The Kier molecular flexibility index (Phi) is 11.7. The van der Waals surface area contributed by atoms with E-state index in [0.717, 1.165) is 18.4 Å². The second-order valence-electron chi connectivity index (χ2n) is 6.96. The smallest absolute Gasteiger partial charge is 0.118 e. The maximum atomic E-state index is 9.71. The van der Waals surface area contributed by atoms with Crippen LogP contribution in [-0.4, -0.2) is 5.11 Å². The highest BCUT2D eigenvalue weighted by atomic mass is 16.3. The summed E-state index contributed by atoms with van der Waals surface area (Å²) in [6.07, 6.45) is 18.9. The first-order chi connectivity index (χ1) is 11.3. The normalized spacial score (nSPS) is 11.0. The third-order valence-electron chi connectivity index (χ3n) is 4.84. The van der Waals surface area contributed by atoms with Gasteiger partial charge in [-0.15, -0.1) is 0 Å². The molecule has 0 aliphatic heterocycles. The van der Waals surface area contributed by atoms with Gasteiger partial charge in [-0.25, -0.2) is 0 Å². The first-order valence-corrected chi connectivity index (χ1v) is 10.1. The minimum atomic E-state index is 0.450. The largest absolute Gasteiger partial charge is 0.508 e. The fourth-order valence-electron chi connectivity index (χ4n) is 3.25. The first-order valence-electron chi connectivity index (χ1n) is 10.1. The van der Waals surface area contributed by atoms with E-state index in [0.29, 0.717) is 5.75 Å². The second kappa shape index (κ2) is 13.5. The van der Waals surface area contributed by atoms with Crippen molar-refractivity contribution in [3.63, 3.8) is 0 Å². The van der Waals surface area contributed by atoms with Crippen LogP contribution in [0.1, 0.15) is 102 Å². The summed E-state index contributed by atoms with van der Waals surface area (Å²) in [6.45, 7) is 4.38. The van der Waals surface area contributed by atoms with Crippen LogP contribution in [0.15, 0.2) is 18.2 Å². The highest BCUT2D eigenvalue weighted by Crippen LogP contribution is 2.20. The Morgan fingerprint density at radius 1 is 0.696 bits per heavy atom. The van der Waals surface area contributed by atoms with Crippen LogP contribution in [0.5, 0.6) is 5.75 Å². The van der Waals surface area contributed by atoms with Crippen LogP contribution in [0.25, 0.3) is 0 Å². The van der Waals surface area contributed by atoms with Gasteiger partial charge in [0.1, 0.15) is 5.75 Å². The molecule has 1 aromatic rings. The van der Waals surface area contributed by atoms with Crippen LogP contribution in [0, 0.1) is 0 Å². The molecular weight excluding hydrogens is 280 g/mol. The van der Waals surface area contributed by atoms with Gasteiger partial charge < -0.3 is 5.11 Å². The molecule has 1 N–H and O–H groups in total. The number of phenolic OH excluding ortho intramolecular Hbond substituents is 1. The molecule has 0 heterocycles. The lowest BCUT2D eigenvalue weighted by atomic mass is 10.0. The van der Waals surface area contributed by atoms with Gasteiger partial charge in [0.15, 0.2) is 0 Å². The van der Waals surface area contributed by atoms with Crippen molar-refractivity contribution in [3.05, 3.63) is 29.3 Å². The van der Waals surface area contributed by atoms with Gasteiger partial charge in [-0.1, -0.05) is 96.6 Å². The molecule has 0 aliphatic carbocycles. The highest BCUT2D eigenvalue weighted by molar-refractivity contribution is 5.36. The number of unbranched alkanes of at least 4 members (excludes halogenated alkanes) is 11. The lowest BCUT2D eigenvalue weighted by Crippen LogP contribution is -1.90. The molecule has 0 amide bonds. The average Bonchev–Trinajstić information content (AvgIpc) is 2.57. The minimum absolute atomic E-state index is 0.450. The molecule has 0 aliphatic rings. The van der Waals surface area contributed by atoms with E-state index in [1.807, 2.05) is 6.07 Å². The number of phenols is 1. The van der Waals surface area contributed by atoms with E-state index >= 15 is 0 Å². The average molecular weight is 319 g/mol. The molecule has 0 radical (unpaired) electrons. The topological polar surface area (TPSA) is 20.2 Å². The van der Waals surface area contributed by atoms with E-state index in [1.54, 1.807) is 0 Å². The molecule has 0 aromatic heterocycles. The SMILES string of the molecule is CCCCCCCCCCCCCCc1ccc(O)c(CC)c1. The molecule has 0 saturated heterocycles. The van der Waals surface area contributed by atoms with Crippen molar-refractivity contribution in [2.24, 2.45) is 0 Å². The number of aromatic hydroxyl groups is 1. The second-order valence-corrected chi connectivity index (χ2v) is 6.96. The molecule has 0 spiro atoms. The van der Waals surface area contributed by atoms with Gasteiger partial charge in [-0.2, -0.15) is 0 Å². The summed E-state index contributed by atoms with van der Waals surface area (Å²) in [5.41, 5.74) is 2.47.